The Kier molecular flexibility index (Phi) is 4.05. The van der Waals surface area contributed by atoms with Crippen molar-refractivity contribution in [2.45, 2.75) is 5.92 Å². The van der Waals surface area contributed by atoms with Crippen LogP contribution in [-0.2, 0) is 4.79 Å². The number of rotatable bonds is 5. The Morgan fingerprint density at radius 1 is 1.08 bits per heavy atom. The summed E-state index contributed by atoms with van der Waals surface area (Å²) in [6.07, 6.45) is 2.07. The standard InChI is InChI=1S/C20H21N3O/c24-20(15-10-21-11-15)23-12-17(14-6-2-1-3-7-14)18-13-22-19-9-5-4-8-16(18)19/h1-9,13,15,17,21-22H,10-12H2,(H,23,24). The van der Waals surface area contributed by atoms with E-state index in [1.165, 1.54) is 16.5 Å². The molecule has 1 aliphatic rings. The molecule has 3 N–H and O–H groups in total. The number of carbonyl (C=O) groups excluding carboxylic acids is 1. The zero-order valence-corrected chi connectivity index (χ0v) is 13.5. The van der Waals surface area contributed by atoms with E-state index in [4.69, 9.17) is 0 Å². The molecule has 4 heteroatoms. The summed E-state index contributed by atoms with van der Waals surface area (Å²) in [5.41, 5.74) is 3.57. The molecular weight excluding hydrogens is 298 g/mol. The average molecular weight is 319 g/mol. The summed E-state index contributed by atoms with van der Waals surface area (Å²) in [4.78, 5) is 15.6. The summed E-state index contributed by atoms with van der Waals surface area (Å²) in [7, 11) is 0. The first-order valence-electron chi connectivity index (χ1n) is 8.42. The first kappa shape index (κ1) is 15.0. The zero-order valence-electron chi connectivity index (χ0n) is 13.5. The summed E-state index contributed by atoms with van der Waals surface area (Å²) < 4.78 is 0. The molecule has 1 saturated heterocycles. The molecule has 24 heavy (non-hydrogen) atoms. The molecule has 0 saturated carbocycles. The predicted octanol–water partition coefficient (Wildman–Crippen LogP) is 2.64. The van der Waals surface area contributed by atoms with Gasteiger partial charge in [0.15, 0.2) is 0 Å². The molecule has 1 aromatic heterocycles. The maximum absolute atomic E-state index is 12.2. The lowest BCUT2D eigenvalue weighted by Gasteiger charge is -2.27. The molecule has 0 radical (unpaired) electrons. The highest BCUT2D eigenvalue weighted by atomic mass is 16.2. The van der Waals surface area contributed by atoms with Crippen molar-refractivity contribution in [3.05, 3.63) is 71.9 Å². The molecule has 4 nitrogen and oxygen atoms in total. The first-order chi connectivity index (χ1) is 11.8. The van der Waals surface area contributed by atoms with Gasteiger partial charge in [0.1, 0.15) is 0 Å². The third kappa shape index (κ3) is 2.81. The van der Waals surface area contributed by atoms with E-state index in [2.05, 4.69) is 64.3 Å². The lowest BCUT2D eigenvalue weighted by Crippen LogP contribution is -2.51. The van der Waals surface area contributed by atoms with Crippen molar-refractivity contribution in [1.82, 2.24) is 15.6 Å². The molecule has 1 fully saturated rings. The van der Waals surface area contributed by atoms with Crippen molar-refractivity contribution in [2.24, 2.45) is 5.92 Å². The summed E-state index contributed by atoms with van der Waals surface area (Å²) >= 11 is 0. The number of benzene rings is 2. The number of aromatic nitrogens is 1. The minimum absolute atomic E-state index is 0.115. The van der Waals surface area contributed by atoms with Crippen LogP contribution in [0.25, 0.3) is 10.9 Å². The quantitative estimate of drug-likeness (QED) is 0.677. The van der Waals surface area contributed by atoms with Gasteiger partial charge in [-0.15, -0.1) is 0 Å². The van der Waals surface area contributed by atoms with Crippen LogP contribution in [0.1, 0.15) is 17.0 Å². The Hall–Kier alpha value is -2.59. The number of carbonyl (C=O) groups is 1. The van der Waals surface area contributed by atoms with Gasteiger partial charge in [-0.05, 0) is 17.2 Å². The number of H-pyrrole nitrogens is 1. The molecular formula is C20H21N3O. The number of nitrogens with one attached hydrogen (secondary N) is 3. The molecule has 1 amide bonds. The fourth-order valence-corrected chi connectivity index (χ4v) is 3.30. The number of hydrogen-bond donors (Lipinski definition) is 3. The van der Waals surface area contributed by atoms with E-state index < -0.39 is 0 Å². The van der Waals surface area contributed by atoms with Crippen molar-refractivity contribution >= 4 is 16.8 Å². The molecule has 3 aromatic rings. The summed E-state index contributed by atoms with van der Waals surface area (Å²) in [6, 6.07) is 18.7. The van der Waals surface area contributed by atoms with E-state index in [0.29, 0.717) is 6.54 Å². The molecule has 1 atom stereocenters. The Morgan fingerprint density at radius 2 is 1.83 bits per heavy atom. The van der Waals surface area contributed by atoms with Gasteiger partial charge in [-0.3, -0.25) is 4.79 Å². The van der Waals surface area contributed by atoms with Crippen LogP contribution < -0.4 is 10.6 Å². The molecule has 0 bridgehead atoms. The second kappa shape index (κ2) is 6.49. The van der Waals surface area contributed by atoms with Crippen LogP contribution in [0.5, 0.6) is 0 Å². The van der Waals surface area contributed by atoms with E-state index in [1.807, 2.05) is 12.1 Å². The second-order valence-corrected chi connectivity index (χ2v) is 6.35. The largest absolute Gasteiger partial charge is 0.361 e. The predicted molar refractivity (Wildman–Crippen MR) is 96.0 cm³/mol. The number of hydrogen-bond acceptors (Lipinski definition) is 2. The van der Waals surface area contributed by atoms with E-state index in [0.717, 1.165) is 18.6 Å². The molecule has 1 aliphatic heterocycles. The lowest BCUT2D eigenvalue weighted by atomic mass is 9.90. The van der Waals surface area contributed by atoms with Gasteiger partial charge in [-0.2, -0.15) is 0 Å². The normalized spacial score (nSPS) is 15.8. The van der Waals surface area contributed by atoms with E-state index in [1.54, 1.807) is 0 Å². The molecule has 122 valence electrons. The van der Waals surface area contributed by atoms with Crippen LogP contribution in [-0.4, -0.2) is 30.5 Å². The fourth-order valence-electron chi connectivity index (χ4n) is 3.30. The first-order valence-corrected chi connectivity index (χ1v) is 8.42. The number of fused-ring (bicyclic) bond motifs is 1. The van der Waals surface area contributed by atoms with Crippen LogP contribution in [0.3, 0.4) is 0 Å². The molecule has 0 spiro atoms. The molecule has 4 rings (SSSR count). The van der Waals surface area contributed by atoms with E-state index >= 15 is 0 Å². The highest BCUT2D eigenvalue weighted by Gasteiger charge is 2.26. The second-order valence-electron chi connectivity index (χ2n) is 6.35. The van der Waals surface area contributed by atoms with Gasteiger partial charge in [0.25, 0.3) is 0 Å². The number of para-hydroxylation sites is 1. The molecule has 0 aliphatic carbocycles. The van der Waals surface area contributed by atoms with Crippen LogP contribution in [0.2, 0.25) is 0 Å². The topological polar surface area (TPSA) is 56.9 Å². The van der Waals surface area contributed by atoms with Crippen molar-refractivity contribution in [1.29, 1.82) is 0 Å². The van der Waals surface area contributed by atoms with Crippen molar-refractivity contribution in [3.63, 3.8) is 0 Å². The van der Waals surface area contributed by atoms with Crippen LogP contribution in [0, 0.1) is 5.92 Å². The van der Waals surface area contributed by atoms with Crippen molar-refractivity contribution < 1.29 is 4.79 Å². The van der Waals surface area contributed by atoms with Gasteiger partial charge in [0, 0.05) is 42.7 Å². The van der Waals surface area contributed by atoms with Gasteiger partial charge >= 0.3 is 0 Å². The zero-order chi connectivity index (χ0) is 16.4. The number of aromatic amines is 1. The smallest absolute Gasteiger partial charge is 0.225 e. The third-order valence-electron chi connectivity index (χ3n) is 4.83. The summed E-state index contributed by atoms with van der Waals surface area (Å²) in [5.74, 6) is 0.401. The minimum atomic E-state index is 0.115. The van der Waals surface area contributed by atoms with E-state index in [9.17, 15) is 4.79 Å². The Labute approximate surface area is 141 Å². The van der Waals surface area contributed by atoms with Crippen molar-refractivity contribution in [2.75, 3.05) is 19.6 Å². The Balaban J connectivity index is 1.64. The van der Waals surface area contributed by atoms with Crippen molar-refractivity contribution in [3.8, 4) is 0 Å². The Morgan fingerprint density at radius 3 is 2.58 bits per heavy atom. The SMILES string of the molecule is O=C(NCC(c1ccccc1)c1c[nH]c2ccccc12)C1CNC1. The lowest BCUT2D eigenvalue weighted by molar-refractivity contribution is -0.126. The highest BCUT2D eigenvalue weighted by Crippen LogP contribution is 2.30. The minimum Gasteiger partial charge on any atom is -0.361 e. The van der Waals surface area contributed by atoms with Gasteiger partial charge in [-0.1, -0.05) is 48.5 Å². The van der Waals surface area contributed by atoms with E-state index in [-0.39, 0.29) is 17.7 Å². The third-order valence-corrected chi connectivity index (χ3v) is 4.83. The number of amides is 1. The summed E-state index contributed by atoms with van der Waals surface area (Å²) in [6.45, 7) is 2.19. The molecule has 2 aromatic carbocycles. The highest BCUT2D eigenvalue weighted by molar-refractivity contribution is 5.84. The monoisotopic (exact) mass is 319 g/mol. The maximum atomic E-state index is 12.2. The van der Waals surface area contributed by atoms with Crippen LogP contribution in [0.15, 0.2) is 60.8 Å². The van der Waals surface area contributed by atoms with Gasteiger partial charge in [-0.25, -0.2) is 0 Å². The molecule has 1 unspecified atom stereocenters. The van der Waals surface area contributed by atoms with Gasteiger partial charge in [0.2, 0.25) is 5.91 Å². The Bertz CT molecular complexity index is 836. The van der Waals surface area contributed by atoms with Crippen LogP contribution >= 0.6 is 0 Å². The fraction of sp³-hybridized carbons (Fsp3) is 0.250. The van der Waals surface area contributed by atoms with Gasteiger partial charge < -0.3 is 15.6 Å². The molecule has 2 heterocycles. The maximum Gasteiger partial charge on any atom is 0.225 e. The van der Waals surface area contributed by atoms with Crippen LogP contribution in [0.4, 0.5) is 0 Å². The summed E-state index contributed by atoms with van der Waals surface area (Å²) in [5, 5.41) is 7.50. The average Bonchev–Trinajstić information content (AvgIpc) is 2.99. The van der Waals surface area contributed by atoms with Gasteiger partial charge in [0.05, 0.1) is 5.92 Å².